The number of methoxy groups -OCH3 is 1. The Morgan fingerprint density at radius 2 is 1.70 bits per heavy atom. The van der Waals surface area contributed by atoms with Crippen molar-refractivity contribution in [3.63, 3.8) is 0 Å². The summed E-state index contributed by atoms with van der Waals surface area (Å²) in [6.45, 7) is 4.80. The van der Waals surface area contributed by atoms with Crippen LogP contribution in [0.1, 0.15) is 58.3 Å². The molecule has 7 nitrogen and oxygen atoms in total. The number of benzene rings is 2. The molecule has 33 heavy (non-hydrogen) atoms. The average Bonchev–Trinajstić information content (AvgIpc) is 3.10. The molecular formula is C26H25N3O4. The van der Waals surface area contributed by atoms with E-state index in [1.165, 1.54) is 10.1 Å². The highest BCUT2D eigenvalue weighted by atomic mass is 16.5. The SMILES string of the molecule is COCCn1c2c(c(=O)[nH]c1=O)[C@H](c1ccc(C(C)C)cc1)C1=C(N2)c2ccccc2C1=O. The summed E-state index contributed by atoms with van der Waals surface area (Å²) in [5.41, 5.74) is 3.90. The second kappa shape index (κ2) is 8.01. The molecule has 0 spiro atoms. The fourth-order valence-corrected chi connectivity index (χ4v) is 4.77. The second-order valence-corrected chi connectivity index (χ2v) is 8.71. The first-order chi connectivity index (χ1) is 15.9. The van der Waals surface area contributed by atoms with Gasteiger partial charge in [-0.2, -0.15) is 0 Å². The molecule has 1 atom stereocenters. The molecule has 7 heteroatoms. The van der Waals surface area contributed by atoms with Crippen LogP contribution in [-0.4, -0.2) is 29.1 Å². The summed E-state index contributed by atoms with van der Waals surface area (Å²) in [5, 5.41) is 3.28. The van der Waals surface area contributed by atoms with E-state index in [9.17, 15) is 14.4 Å². The molecule has 0 fully saturated rings. The van der Waals surface area contributed by atoms with E-state index in [1.54, 1.807) is 13.2 Å². The minimum absolute atomic E-state index is 0.106. The number of hydrogen-bond donors (Lipinski definition) is 2. The molecule has 0 saturated carbocycles. The number of nitrogens with one attached hydrogen (secondary N) is 2. The maximum Gasteiger partial charge on any atom is 0.330 e. The summed E-state index contributed by atoms with van der Waals surface area (Å²) >= 11 is 0. The number of ether oxygens (including phenoxy) is 1. The highest BCUT2D eigenvalue weighted by Crippen LogP contribution is 2.47. The summed E-state index contributed by atoms with van der Waals surface area (Å²) < 4.78 is 6.66. The van der Waals surface area contributed by atoms with Crippen LogP contribution >= 0.6 is 0 Å². The number of carbonyl (C=O) groups is 1. The van der Waals surface area contributed by atoms with Gasteiger partial charge in [0.2, 0.25) is 0 Å². The van der Waals surface area contributed by atoms with E-state index in [1.807, 2.05) is 42.5 Å². The Morgan fingerprint density at radius 1 is 1.00 bits per heavy atom. The number of aromatic amines is 1. The zero-order chi connectivity index (χ0) is 23.3. The number of aromatic nitrogens is 2. The van der Waals surface area contributed by atoms with Crippen LogP contribution in [0.25, 0.3) is 5.70 Å². The van der Waals surface area contributed by atoms with Gasteiger partial charge in [0.15, 0.2) is 5.78 Å². The third-order valence-electron chi connectivity index (χ3n) is 6.47. The van der Waals surface area contributed by atoms with Crippen molar-refractivity contribution in [1.29, 1.82) is 0 Å². The van der Waals surface area contributed by atoms with Crippen molar-refractivity contribution < 1.29 is 9.53 Å². The van der Waals surface area contributed by atoms with Crippen molar-refractivity contribution in [1.82, 2.24) is 9.55 Å². The molecule has 1 aliphatic carbocycles. The van der Waals surface area contributed by atoms with Crippen LogP contribution in [0.4, 0.5) is 5.82 Å². The van der Waals surface area contributed by atoms with E-state index in [0.29, 0.717) is 40.7 Å². The molecule has 0 bridgehead atoms. The molecule has 0 saturated heterocycles. The lowest BCUT2D eigenvalue weighted by atomic mass is 9.81. The number of H-pyrrole nitrogens is 1. The van der Waals surface area contributed by atoms with E-state index in [-0.39, 0.29) is 12.3 Å². The first-order valence-corrected chi connectivity index (χ1v) is 11.0. The topological polar surface area (TPSA) is 93.2 Å². The van der Waals surface area contributed by atoms with Crippen molar-refractivity contribution in [2.75, 3.05) is 19.0 Å². The van der Waals surface area contributed by atoms with Gasteiger partial charge in [-0.1, -0.05) is 62.4 Å². The number of rotatable bonds is 5. The van der Waals surface area contributed by atoms with E-state index in [2.05, 4.69) is 24.1 Å². The summed E-state index contributed by atoms with van der Waals surface area (Å²) in [5.74, 6) is 0.0531. The van der Waals surface area contributed by atoms with Crippen molar-refractivity contribution in [3.8, 4) is 0 Å². The molecule has 3 aromatic rings. The lowest BCUT2D eigenvalue weighted by Gasteiger charge is -2.30. The molecule has 2 heterocycles. The van der Waals surface area contributed by atoms with Crippen LogP contribution < -0.4 is 16.6 Å². The van der Waals surface area contributed by atoms with Gasteiger partial charge in [-0.25, -0.2) is 4.79 Å². The maximum absolute atomic E-state index is 13.5. The van der Waals surface area contributed by atoms with Gasteiger partial charge in [-0.15, -0.1) is 0 Å². The van der Waals surface area contributed by atoms with Gasteiger partial charge in [0, 0.05) is 29.7 Å². The van der Waals surface area contributed by atoms with Crippen LogP contribution in [0.2, 0.25) is 0 Å². The van der Waals surface area contributed by atoms with Gasteiger partial charge in [-0.05, 0) is 17.0 Å². The third-order valence-corrected chi connectivity index (χ3v) is 6.47. The number of hydrogen-bond acceptors (Lipinski definition) is 5. The summed E-state index contributed by atoms with van der Waals surface area (Å²) in [6.07, 6.45) is 0. The normalized spacial score (nSPS) is 16.5. The zero-order valence-electron chi connectivity index (χ0n) is 18.8. The third kappa shape index (κ3) is 3.27. The van der Waals surface area contributed by atoms with Gasteiger partial charge in [0.25, 0.3) is 5.56 Å². The van der Waals surface area contributed by atoms with E-state index in [0.717, 1.165) is 11.1 Å². The Hall–Kier alpha value is -3.71. The molecule has 0 unspecified atom stereocenters. The van der Waals surface area contributed by atoms with Gasteiger partial charge in [0.1, 0.15) is 5.82 Å². The predicted octanol–water partition coefficient (Wildman–Crippen LogP) is 3.47. The van der Waals surface area contributed by atoms with Crippen LogP contribution in [-0.2, 0) is 11.3 Å². The highest BCUT2D eigenvalue weighted by molar-refractivity contribution is 6.23. The Bertz CT molecular complexity index is 1410. The molecule has 1 aliphatic heterocycles. The number of nitrogens with zero attached hydrogens (tertiary/aromatic N) is 1. The van der Waals surface area contributed by atoms with Crippen LogP contribution in [0.15, 0.2) is 63.7 Å². The van der Waals surface area contributed by atoms with Crippen molar-refractivity contribution in [2.24, 2.45) is 0 Å². The van der Waals surface area contributed by atoms with Gasteiger partial charge >= 0.3 is 5.69 Å². The summed E-state index contributed by atoms with van der Waals surface area (Å²) in [6, 6.07) is 15.4. The van der Waals surface area contributed by atoms with Crippen LogP contribution in [0.3, 0.4) is 0 Å². The number of Topliss-reactive ketones (excluding diaryl/α,β-unsaturated/α-hetero) is 1. The van der Waals surface area contributed by atoms with E-state index >= 15 is 0 Å². The monoisotopic (exact) mass is 443 g/mol. The Morgan fingerprint density at radius 3 is 2.36 bits per heavy atom. The molecule has 2 aromatic carbocycles. The number of carbonyl (C=O) groups excluding carboxylic acids is 1. The number of anilines is 1. The number of fused-ring (bicyclic) bond motifs is 3. The molecule has 0 amide bonds. The molecule has 5 rings (SSSR count). The van der Waals surface area contributed by atoms with Gasteiger partial charge < -0.3 is 10.1 Å². The van der Waals surface area contributed by atoms with E-state index < -0.39 is 17.2 Å². The largest absolute Gasteiger partial charge is 0.383 e. The van der Waals surface area contributed by atoms with Crippen LogP contribution in [0, 0.1) is 0 Å². The molecule has 1 aromatic heterocycles. The van der Waals surface area contributed by atoms with E-state index in [4.69, 9.17) is 4.74 Å². The van der Waals surface area contributed by atoms with Crippen molar-refractivity contribution in [2.45, 2.75) is 32.2 Å². The Kier molecular flexibility index (Phi) is 5.13. The lowest BCUT2D eigenvalue weighted by molar-refractivity contribution is 0.103. The fourth-order valence-electron chi connectivity index (χ4n) is 4.77. The second-order valence-electron chi connectivity index (χ2n) is 8.71. The molecule has 2 aliphatic rings. The highest BCUT2D eigenvalue weighted by Gasteiger charge is 2.42. The number of allylic oxidation sites excluding steroid dienone is 1. The minimum atomic E-state index is -0.601. The van der Waals surface area contributed by atoms with Gasteiger partial charge in [-0.3, -0.25) is 19.1 Å². The van der Waals surface area contributed by atoms with Crippen LogP contribution in [0.5, 0.6) is 0 Å². The average molecular weight is 444 g/mol. The van der Waals surface area contributed by atoms with Crippen molar-refractivity contribution in [3.05, 3.63) is 103 Å². The standard InChI is InChI=1S/C26H25N3O4/c1-14(2)15-8-10-16(11-9-15)19-20-22(17-6-4-5-7-18(17)23(20)30)27-24-21(19)25(31)28-26(32)29(24)12-13-33-3/h4-11,14,19,27H,12-13H2,1-3H3,(H,28,31,32)/t19-/m1/s1. The first kappa shape index (κ1) is 21.2. The Balaban J connectivity index is 1.79. The smallest absolute Gasteiger partial charge is 0.330 e. The first-order valence-electron chi connectivity index (χ1n) is 11.0. The minimum Gasteiger partial charge on any atom is -0.383 e. The maximum atomic E-state index is 13.5. The number of ketones is 1. The lowest BCUT2D eigenvalue weighted by Crippen LogP contribution is -2.38. The van der Waals surface area contributed by atoms with Gasteiger partial charge in [0.05, 0.1) is 24.4 Å². The zero-order valence-corrected chi connectivity index (χ0v) is 18.8. The molecule has 2 N–H and O–H groups in total. The molecule has 0 radical (unpaired) electrons. The van der Waals surface area contributed by atoms with Crippen molar-refractivity contribution >= 4 is 17.3 Å². The quantitative estimate of drug-likeness (QED) is 0.630. The molecular weight excluding hydrogens is 418 g/mol. The predicted molar refractivity (Wildman–Crippen MR) is 127 cm³/mol. The molecule has 168 valence electrons. The summed E-state index contributed by atoms with van der Waals surface area (Å²) in [4.78, 5) is 41.9. The Labute approximate surface area is 190 Å². The summed E-state index contributed by atoms with van der Waals surface area (Å²) in [7, 11) is 1.56. The fraction of sp³-hybridized carbons (Fsp3) is 0.269.